The standard InChI is InChI=1S/C7H5BrClF2NO/c8-6-5(9)4(2-13)3(1-12-6)7(10)11/h1,7,13H,2H2. The summed E-state index contributed by atoms with van der Waals surface area (Å²) in [6, 6.07) is 0. The molecule has 0 fully saturated rings. The van der Waals surface area contributed by atoms with Crippen LogP contribution in [-0.4, -0.2) is 10.1 Å². The highest BCUT2D eigenvalue weighted by Gasteiger charge is 2.17. The van der Waals surface area contributed by atoms with Crippen LogP contribution in [0.15, 0.2) is 10.8 Å². The quantitative estimate of drug-likeness (QED) is 0.840. The molecule has 0 aromatic carbocycles. The van der Waals surface area contributed by atoms with Crippen molar-refractivity contribution in [1.29, 1.82) is 0 Å². The van der Waals surface area contributed by atoms with Crippen molar-refractivity contribution in [2.45, 2.75) is 13.0 Å². The van der Waals surface area contributed by atoms with E-state index in [2.05, 4.69) is 20.9 Å². The summed E-state index contributed by atoms with van der Waals surface area (Å²) in [7, 11) is 0. The number of alkyl halides is 2. The van der Waals surface area contributed by atoms with Crippen molar-refractivity contribution in [3.8, 4) is 0 Å². The summed E-state index contributed by atoms with van der Waals surface area (Å²) in [4.78, 5) is 3.60. The van der Waals surface area contributed by atoms with Crippen LogP contribution in [0.5, 0.6) is 0 Å². The minimum Gasteiger partial charge on any atom is -0.392 e. The first-order valence-electron chi connectivity index (χ1n) is 3.29. The average molecular weight is 272 g/mol. The number of hydrogen-bond acceptors (Lipinski definition) is 2. The van der Waals surface area contributed by atoms with Crippen LogP contribution in [0.3, 0.4) is 0 Å². The van der Waals surface area contributed by atoms with Crippen molar-refractivity contribution >= 4 is 27.5 Å². The van der Waals surface area contributed by atoms with Crippen LogP contribution in [0.2, 0.25) is 5.02 Å². The van der Waals surface area contributed by atoms with Crippen LogP contribution >= 0.6 is 27.5 Å². The van der Waals surface area contributed by atoms with E-state index in [-0.39, 0.29) is 20.8 Å². The van der Waals surface area contributed by atoms with E-state index in [9.17, 15) is 8.78 Å². The summed E-state index contributed by atoms with van der Waals surface area (Å²) in [6.07, 6.45) is -1.69. The minimum absolute atomic E-state index is 0.0125. The van der Waals surface area contributed by atoms with Crippen LogP contribution < -0.4 is 0 Å². The summed E-state index contributed by atoms with van der Waals surface area (Å²) in [5.41, 5.74) is -0.325. The first-order valence-corrected chi connectivity index (χ1v) is 4.46. The van der Waals surface area contributed by atoms with Crippen molar-refractivity contribution in [1.82, 2.24) is 4.98 Å². The molecule has 1 rings (SSSR count). The van der Waals surface area contributed by atoms with Gasteiger partial charge in [-0.1, -0.05) is 11.6 Å². The van der Waals surface area contributed by atoms with Crippen LogP contribution in [0.4, 0.5) is 8.78 Å². The van der Waals surface area contributed by atoms with E-state index in [0.29, 0.717) is 0 Å². The number of hydrogen-bond donors (Lipinski definition) is 1. The van der Waals surface area contributed by atoms with Crippen LogP contribution in [-0.2, 0) is 6.61 Å². The predicted molar refractivity (Wildman–Crippen MR) is 47.8 cm³/mol. The summed E-state index contributed by atoms with van der Waals surface area (Å²) in [5.74, 6) is 0. The molecule has 0 aliphatic rings. The van der Waals surface area contributed by atoms with Gasteiger partial charge in [0, 0.05) is 17.3 Å². The number of aliphatic hydroxyl groups is 1. The van der Waals surface area contributed by atoms with Gasteiger partial charge in [0.15, 0.2) is 0 Å². The SMILES string of the molecule is OCc1c(C(F)F)cnc(Br)c1Cl. The number of aromatic nitrogens is 1. The lowest BCUT2D eigenvalue weighted by atomic mass is 10.1. The van der Waals surface area contributed by atoms with E-state index < -0.39 is 13.0 Å². The van der Waals surface area contributed by atoms with Crippen molar-refractivity contribution in [3.63, 3.8) is 0 Å². The van der Waals surface area contributed by atoms with Gasteiger partial charge in [-0.3, -0.25) is 0 Å². The number of rotatable bonds is 2. The van der Waals surface area contributed by atoms with E-state index >= 15 is 0 Å². The molecule has 2 nitrogen and oxygen atoms in total. The number of halogens is 4. The van der Waals surface area contributed by atoms with Crippen molar-refractivity contribution < 1.29 is 13.9 Å². The molecule has 1 heterocycles. The molecule has 0 bridgehead atoms. The van der Waals surface area contributed by atoms with Gasteiger partial charge in [-0.25, -0.2) is 13.8 Å². The fourth-order valence-corrected chi connectivity index (χ4v) is 1.42. The number of nitrogens with zero attached hydrogens (tertiary/aromatic N) is 1. The topological polar surface area (TPSA) is 33.1 Å². The second-order valence-electron chi connectivity index (χ2n) is 2.26. The summed E-state index contributed by atoms with van der Waals surface area (Å²) >= 11 is 8.61. The zero-order chi connectivity index (χ0) is 10.0. The first kappa shape index (κ1) is 10.8. The van der Waals surface area contributed by atoms with Gasteiger partial charge >= 0.3 is 0 Å². The third-order valence-corrected chi connectivity index (χ3v) is 2.74. The average Bonchev–Trinajstić information content (AvgIpc) is 2.09. The van der Waals surface area contributed by atoms with Gasteiger partial charge < -0.3 is 5.11 Å². The summed E-state index contributed by atoms with van der Waals surface area (Å²) < 4.78 is 24.9. The van der Waals surface area contributed by atoms with Crippen LogP contribution in [0, 0.1) is 0 Å². The maximum absolute atomic E-state index is 12.3. The molecular weight excluding hydrogens is 267 g/mol. The number of pyridine rings is 1. The normalized spacial score (nSPS) is 10.9. The van der Waals surface area contributed by atoms with Crippen molar-refractivity contribution in [2.24, 2.45) is 0 Å². The molecule has 0 saturated carbocycles. The highest BCUT2D eigenvalue weighted by Crippen LogP contribution is 2.31. The van der Waals surface area contributed by atoms with Crippen LogP contribution in [0.1, 0.15) is 17.6 Å². The van der Waals surface area contributed by atoms with E-state index in [1.807, 2.05) is 0 Å². The Morgan fingerprint density at radius 1 is 1.62 bits per heavy atom. The molecule has 0 saturated heterocycles. The van der Waals surface area contributed by atoms with Gasteiger partial charge in [0.2, 0.25) is 0 Å². The van der Waals surface area contributed by atoms with E-state index in [0.717, 1.165) is 6.20 Å². The zero-order valence-corrected chi connectivity index (χ0v) is 8.61. The lowest BCUT2D eigenvalue weighted by molar-refractivity contribution is 0.146. The van der Waals surface area contributed by atoms with Crippen molar-refractivity contribution in [3.05, 3.63) is 26.9 Å². The van der Waals surface area contributed by atoms with Gasteiger partial charge in [0.25, 0.3) is 6.43 Å². The molecule has 1 aromatic heterocycles. The highest BCUT2D eigenvalue weighted by atomic mass is 79.9. The second kappa shape index (κ2) is 4.30. The summed E-state index contributed by atoms with van der Waals surface area (Å²) in [5, 5.41) is 8.83. The second-order valence-corrected chi connectivity index (χ2v) is 3.38. The van der Waals surface area contributed by atoms with Crippen LogP contribution in [0.25, 0.3) is 0 Å². The molecule has 0 spiro atoms. The molecule has 1 aromatic rings. The fraction of sp³-hybridized carbons (Fsp3) is 0.286. The maximum atomic E-state index is 12.3. The van der Waals surface area contributed by atoms with Gasteiger partial charge in [0.1, 0.15) is 4.60 Å². The Morgan fingerprint density at radius 2 is 2.23 bits per heavy atom. The Labute approximate surface area is 86.7 Å². The van der Waals surface area contributed by atoms with Gasteiger partial charge in [0.05, 0.1) is 11.6 Å². The maximum Gasteiger partial charge on any atom is 0.265 e. The van der Waals surface area contributed by atoms with Gasteiger partial charge in [-0.05, 0) is 15.9 Å². The van der Waals surface area contributed by atoms with Gasteiger partial charge in [-0.2, -0.15) is 0 Å². The Kier molecular flexibility index (Phi) is 3.58. The lowest BCUT2D eigenvalue weighted by Crippen LogP contribution is -1.98. The third-order valence-electron chi connectivity index (χ3n) is 1.50. The zero-order valence-electron chi connectivity index (χ0n) is 6.27. The molecule has 0 unspecified atom stereocenters. The predicted octanol–water partition coefficient (Wildman–Crippen LogP) is 2.93. The highest BCUT2D eigenvalue weighted by molar-refractivity contribution is 9.10. The molecule has 13 heavy (non-hydrogen) atoms. The molecule has 1 N–H and O–H groups in total. The molecule has 0 radical (unpaired) electrons. The Hall–Kier alpha value is -0.260. The largest absolute Gasteiger partial charge is 0.392 e. The third kappa shape index (κ3) is 2.15. The lowest BCUT2D eigenvalue weighted by Gasteiger charge is -2.08. The smallest absolute Gasteiger partial charge is 0.265 e. The minimum atomic E-state index is -2.68. The molecular formula is C7H5BrClF2NO. The summed E-state index contributed by atoms with van der Waals surface area (Å²) in [6.45, 7) is -0.528. The van der Waals surface area contributed by atoms with Crippen molar-refractivity contribution in [2.75, 3.05) is 0 Å². The molecule has 6 heteroatoms. The molecule has 0 amide bonds. The monoisotopic (exact) mass is 271 g/mol. The number of aliphatic hydroxyl groups excluding tert-OH is 1. The molecule has 0 atom stereocenters. The Bertz CT molecular complexity index is 322. The Morgan fingerprint density at radius 3 is 2.69 bits per heavy atom. The van der Waals surface area contributed by atoms with E-state index in [1.54, 1.807) is 0 Å². The van der Waals surface area contributed by atoms with E-state index in [4.69, 9.17) is 16.7 Å². The Balaban J connectivity index is 3.30. The molecule has 72 valence electrons. The van der Waals surface area contributed by atoms with E-state index in [1.165, 1.54) is 0 Å². The van der Waals surface area contributed by atoms with Gasteiger partial charge in [-0.15, -0.1) is 0 Å². The first-order chi connectivity index (χ1) is 6.07. The fourth-order valence-electron chi connectivity index (χ4n) is 0.861. The molecule has 0 aliphatic heterocycles. The molecule has 0 aliphatic carbocycles.